The van der Waals surface area contributed by atoms with Crippen LogP contribution in [0.1, 0.15) is 63.3 Å². The molecule has 0 spiro atoms. The summed E-state index contributed by atoms with van der Waals surface area (Å²) in [6, 6.07) is 2.06. The summed E-state index contributed by atoms with van der Waals surface area (Å²) in [5.41, 5.74) is 7.89. The molecule has 3 N–H and O–H groups in total. The Morgan fingerprint density at radius 1 is 1.12 bits per heavy atom. The van der Waals surface area contributed by atoms with Gasteiger partial charge in [0.2, 0.25) is 0 Å². The number of nitrogens with one attached hydrogen (secondary N) is 1. The monoisotopic (exact) mass is 222 g/mol. The molecule has 1 aromatic heterocycles. The lowest BCUT2D eigenvalue weighted by molar-refractivity contribution is 0.0994. The zero-order valence-electron chi connectivity index (χ0n) is 11.1. The first kappa shape index (κ1) is 12.8. The third-order valence-corrected chi connectivity index (χ3v) is 2.68. The normalized spacial score (nSPS) is 12.9. The molecule has 0 aliphatic carbocycles. The largest absolute Gasteiger partial charge is 0.364 e. The zero-order chi connectivity index (χ0) is 12.7. The van der Waals surface area contributed by atoms with Gasteiger partial charge in [-0.2, -0.15) is 0 Å². The fraction of sp³-hybridized carbons (Fsp3) is 0.615. The van der Waals surface area contributed by atoms with Crippen molar-refractivity contribution in [1.82, 2.24) is 4.98 Å². The van der Waals surface area contributed by atoms with E-state index in [4.69, 9.17) is 5.73 Å². The molecule has 0 fully saturated rings. The Hall–Kier alpha value is -1.25. The maximum absolute atomic E-state index is 11.4. The summed E-state index contributed by atoms with van der Waals surface area (Å²) in [5, 5.41) is 0. The number of carbonyl (C=O) groups excluding carboxylic acids is 1. The second kappa shape index (κ2) is 3.65. The summed E-state index contributed by atoms with van der Waals surface area (Å²) in [4.78, 5) is 14.6. The van der Waals surface area contributed by atoms with Crippen LogP contribution >= 0.6 is 0 Å². The van der Waals surface area contributed by atoms with E-state index in [0.717, 1.165) is 11.3 Å². The lowest BCUT2D eigenvalue weighted by atomic mass is 9.85. The second-order valence-electron chi connectivity index (χ2n) is 6.34. The summed E-state index contributed by atoms with van der Waals surface area (Å²) < 4.78 is 0. The summed E-state index contributed by atoms with van der Waals surface area (Å²) in [6.07, 6.45) is 0. The van der Waals surface area contributed by atoms with Crippen molar-refractivity contribution >= 4 is 5.91 Å². The molecule has 1 aromatic rings. The summed E-state index contributed by atoms with van der Waals surface area (Å²) >= 11 is 0. The van der Waals surface area contributed by atoms with Crippen LogP contribution in [0.3, 0.4) is 0 Å². The van der Waals surface area contributed by atoms with Gasteiger partial charge >= 0.3 is 0 Å². The molecule has 0 atom stereocenters. The molecule has 3 nitrogen and oxygen atoms in total. The number of hydrogen-bond acceptors (Lipinski definition) is 1. The van der Waals surface area contributed by atoms with E-state index in [1.807, 2.05) is 0 Å². The Balaban J connectivity index is 3.38. The van der Waals surface area contributed by atoms with E-state index in [9.17, 15) is 4.79 Å². The van der Waals surface area contributed by atoms with E-state index < -0.39 is 0 Å². The van der Waals surface area contributed by atoms with Gasteiger partial charge < -0.3 is 10.7 Å². The van der Waals surface area contributed by atoms with Crippen LogP contribution in [0, 0.1) is 0 Å². The highest BCUT2D eigenvalue weighted by atomic mass is 16.1. The van der Waals surface area contributed by atoms with Crippen molar-refractivity contribution in [3.63, 3.8) is 0 Å². The first-order valence-corrected chi connectivity index (χ1v) is 5.57. The topological polar surface area (TPSA) is 58.9 Å². The predicted octanol–water partition coefficient (Wildman–Crippen LogP) is 2.71. The van der Waals surface area contributed by atoms with Crippen LogP contribution in [0.2, 0.25) is 0 Å². The number of nitrogens with two attached hydrogens (primary N) is 1. The lowest BCUT2D eigenvalue weighted by Gasteiger charge is -2.18. The van der Waals surface area contributed by atoms with Gasteiger partial charge in [0.15, 0.2) is 0 Å². The molecule has 3 heteroatoms. The molecule has 1 heterocycles. The number of primary amides is 1. The van der Waals surface area contributed by atoms with Gasteiger partial charge in [-0.25, -0.2) is 0 Å². The molecule has 16 heavy (non-hydrogen) atoms. The van der Waals surface area contributed by atoms with E-state index in [0.29, 0.717) is 5.69 Å². The Labute approximate surface area is 97.4 Å². The van der Waals surface area contributed by atoms with Crippen LogP contribution in [-0.2, 0) is 10.8 Å². The molecule has 1 amide bonds. The number of carbonyl (C=O) groups is 1. The van der Waals surface area contributed by atoms with Crippen molar-refractivity contribution in [2.24, 2.45) is 5.73 Å². The molecule has 0 aliphatic heterocycles. The van der Waals surface area contributed by atoms with Crippen molar-refractivity contribution in [2.45, 2.75) is 52.4 Å². The van der Waals surface area contributed by atoms with Gasteiger partial charge in [-0.15, -0.1) is 0 Å². The molecule has 90 valence electrons. The van der Waals surface area contributed by atoms with E-state index in [-0.39, 0.29) is 16.7 Å². The van der Waals surface area contributed by atoms with Crippen LogP contribution in [0.5, 0.6) is 0 Å². The molecule has 0 aliphatic rings. The number of amides is 1. The molecular formula is C13H22N2O. The SMILES string of the molecule is CC(C)(C)c1cc(C(C)(C)C)c(C(N)=O)[nH]1. The van der Waals surface area contributed by atoms with Crippen molar-refractivity contribution < 1.29 is 4.79 Å². The predicted molar refractivity (Wildman–Crippen MR) is 66.7 cm³/mol. The van der Waals surface area contributed by atoms with Crippen LogP contribution in [-0.4, -0.2) is 10.9 Å². The number of aromatic amines is 1. The fourth-order valence-electron chi connectivity index (χ4n) is 1.64. The minimum atomic E-state index is -0.388. The number of hydrogen-bond donors (Lipinski definition) is 2. The maximum Gasteiger partial charge on any atom is 0.265 e. The third-order valence-electron chi connectivity index (χ3n) is 2.68. The Bertz CT molecular complexity index is 403. The zero-order valence-corrected chi connectivity index (χ0v) is 11.1. The van der Waals surface area contributed by atoms with Gasteiger partial charge in [0.25, 0.3) is 5.91 Å². The fourth-order valence-corrected chi connectivity index (χ4v) is 1.64. The van der Waals surface area contributed by atoms with Crippen LogP contribution in [0.25, 0.3) is 0 Å². The minimum Gasteiger partial charge on any atom is -0.364 e. The first-order chi connectivity index (χ1) is 7.03. The van der Waals surface area contributed by atoms with Crippen molar-refractivity contribution in [1.29, 1.82) is 0 Å². The average Bonchev–Trinajstić information content (AvgIpc) is 2.44. The van der Waals surface area contributed by atoms with Crippen LogP contribution in [0.4, 0.5) is 0 Å². The quantitative estimate of drug-likeness (QED) is 0.754. The highest BCUT2D eigenvalue weighted by Gasteiger charge is 2.26. The highest BCUT2D eigenvalue weighted by Crippen LogP contribution is 2.31. The molecule has 0 bridgehead atoms. The van der Waals surface area contributed by atoms with Crippen LogP contribution < -0.4 is 5.73 Å². The van der Waals surface area contributed by atoms with E-state index in [1.54, 1.807) is 0 Å². The van der Waals surface area contributed by atoms with Crippen LogP contribution in [0.15, 0.2) is 6.07 Å². The number of rotatable bonds is 1. The molecule has 0 saturated carbocycles. The van der Waals surface area contributed by atoms with E-state index in [1.165, 1.54) is 0 Å². The maximum atomic E-state index is 11.4. The number of aromatic nitrogens is 1. The second-order valence-corrected chi connectivity index (χ2v) is 6.34. The summed E-state index contributed by atoms with van der Waals surface area (Å²) in [5.74, 6) is -0.388. The number of H-pyrrole nitrogens is 1. The van der Waals surface area contributed by atoms with E-state index >= 15 is 0 Å². The molecule has 0 saturated heterocycles. The molecule has 0 unspecified atom stereocenters. The Kier molecular flexibility index (Phi) is 2.92. The summed E-state index contributed by atoms with van der Waals surface area (Å²) in [6.45, 7) is 12.6. The average molecular weight is 222 g/mol. The van der Waals surface area contributed by atoms with Gasteiger partial charge in [-0.1, -0.05) is 41.5 Å². The summed E-state index contributed by atoms with van der Waals surface area (Å²) in [7, 11) is 0. The van der Waals surface area contributed by atoms with E-state index in [2.05, 4.69) is 52.6 Å². The molecular weight excluding hydrogens is 200 g/mol. The lowest BCUT2D eigenvalue weighted by Crippen LogP contribution is -2.20. The van der Waals surface area contributed by atoms with Crippen molar-refractivity contribution in [3.05, 3.63) is 23.0 Å². The highest BCUT2D eigenvalue weighted by molar-refractivity contribution is 5.93. The third kappa shape index (κ3) is 2.46. The molecule has 1 rings (SSSR count). The van der Waals surface area contributed by atoms with Gasteiger partial charge in [0.1, 0.15) is 5.69 Å². The Morgan fingerprint density at radius 2 is 1.62 bits per heavy atom. The standard InChI is InChI=1S/C13H22N2O/c1-12(2,3)8-7-9(13(4,5)6)15-10(8)11(14)16/h7,15H,1-6H3,(H2,14,16). The van der Waals surface area contributed by atoms with Crippen molar-refractivity contribution in [3.8, 4) is 0 Å². The van der Waals surface area contributed by atoms with Gasteiger partial charge in [-0.05, 0) is 17.0 Å². The Morgan fingerprint density at radius 3 is 1.88 bits per heavy atom. The van der Waals surface area contributed by atoms with Crippen molar-refractivity contribution in [2.75, 3.05) is 0 Å². The van der Waals surface area contributed by atoms with Gasteiger partial charge in [-0.3, -0.25) is 4.79 Å². The van der Waals surface area contributed by atoms with Gasteiger partial charge in [0, 0.05) is 11.1 Å². The minimum absolute atomic E-state index is 0.00625. The van der Waals surface area contributed by atoms with Gasteiger partial charge in [0.05, 0.1) is 0 Å². The first-order valence-electron chi connectivity index (χ1n) is 5.57. The smallest absolute Gasteiger partial charge is 0.265 e. The molecule has 0 aromatic carbocycles. The molecule has 0 radical (unpaired) electrons.